The summed E-state index contributed by atoms with van der Waals surface area (Å²) in [6, 6.07) is 15.9. The van der Waals surface area contributed by atoms with Gasteiger partial charge >= 0.3 is 0 Å². The molecule has 0 unspecified atom stereocenters. The summed E-state index contributed by atoms with van der Waals surface area (Å²) in [7, 11) is 0. The Hall–Kier alpha value is -2.11. The Labute approximate surface area is 146 Å². The van der Waals surface area contributed by atoms with E-state index in [0.717, 1.165) is 21.3 Å². The highest BCUT2D eigenvalue weighted by Crippen LogP contribution is 2.34. The summed E-state index contributed by atoms with van der Waals surface area (Å²) in [5.41, 5.74) is 3.07. The van der Waals surface area contributed by atoms with Crippen LogP contribution in [0.1, 0.15) is 17.2 Å². The van der Waals surface area contributed by atoms with E-state index in [9.17, 15) is 0 Å². The van der Waals surface area contributed by atoms with E-state index in [1.54, 1.807) is 6.33 Å². The number of allylic oxidation sites excluding steroid dienone is 1. The Morgan fingerprint density at radius 1 is 1.09 bits per heavy atom. The van der Waals surface area contributed by atoms with Gasteiger partial charge in [0.2, 0.25) is 5.95 Å². The molecule has 0 saturated carbocycles. The zero-order valence-corrected chi connectivity index (χ0v) is 14.3. The van der Waals surface area contributed by atoms with Crippen molar-refractivity contribution in [3.8, 4) is 0 Å². The van der Waals surface area contributed by atoms with Crippen LogP contribution in [-0.4, -0.2) is 14.8 Å². The minimum Gasteiger partial charge on any atom is -0.324 e. The molecular formula is C17H12BrClN4. The Bertz CT molecular complexity index is 886. The van der Waals surface area contributed by atoms with Gasteiger partial charge in [-0.3, -0.25) is 0 Å². The first-order chi connectivity index (χ1) is 11.2. The lowest BCUT2D eigenvalue weighted by Crippen LogP contribution is -2.20. The summed E-state index contributed by atoms with van der Waals surface area (Å²) in [4.78, 5) is 4.30. The van der Waals surface area contributed by atoms with Crippen LogP contribution in [-0.2, 0) is 0 Å². The van der Waals surface area contributed by atoms with Crippen molar-refractivity contribution in [2.45, 2.75) is 6.04 Å². The predicted molar refractivity (Wildman–Crippen MR) is 95.4 cm³/mol. The van der Waals surface area contributed by atoms with Crippen LogP contribution in [0.3, 0.4) is 0 Å². The minimum absolute atomic E-state index is 0.0962. The highest BCUT2D eigenvalue weighted by Gasteiger charge is 2.24. The lowest BCUT2D eigenvalue weighted by Gasteiger charge is -2.25. The smallest absolute Gasteiger partial charge is 0.226 e. The molecule has 0 saturated heterocycles. The maximum atomic E-state index is 6.39. The molecule has 1 aromatic heterocycles. The molecule has 0 fully saturated rings. The van der Waals surface area contributed by atoms with E-state index in [1.165, 1.54) is 0 Å². The largest absolute Gasteiger partial charge is 0.324 e. The molecule has 6 heteroatoms. The number of halogens is 2. The van der Waals surface area contributed by atoms with Crippen molar-refractivity contribution >= 4 is 39.2 Å². The molecule has 3 aromatic rings. The van der Waals surface area contributed by atoms with Gasteiger partial charge in [0.1, 0.15) is 12.4 Å². The van der Waals surface area contributed by atoms with Gasteiger partial charge < -0.3 is 5.32 Å². The van der Waals surface area contributed by atoms with Crippen molar-refractivity contribution in [2.24, 2.45) is 0 Å². The van der Waals surface area contributed by atoms with Gasteiger partial charge in [-0.25, -0.2) is 4.68 Å². The van der Waals surface area contributed by atoms with Gasteiger partial charge in [-0.2, -0.15) is 10.1 Å². The van der Waals surface area contributed by atoms with Crippen LogP contribution in [0.2, 0.25) is 5.02 Å². The molecule has 4 rings (SSSR count). The normalized spacial score (nSPS) is 16.4. The van der Waals surface area contributed by atoms with Crippen LogP contribution in [0.4, 0.5) is 5.95 Å². The molecule has 2 aromatic carbocycles. The second-order valence-corrected chi connectivity index (χ2v) is 6.53. The van der Waals surface area contributed by atoms with Crippen molar-refractivity contribution in [1.29, 1.82) is 0 Å². The molecule has 0 bridgehead atoms. The van der Waals surface area contributed by atoms with E-state index < -0.39 is 0 Å². The maximum Gasteiger partial charge on any atom is 0.226 e. The molecule has 0 spiro atoms. The third kappa shape index (κ3) is 2.66. The van der Waals surface area contributed by atoms with Gasteiger partial charge in [0.25, 0.3) is 0 Å². The van der Waals surface area contributed by atoms with Gasteiger partial charge in [0, 0.05) is 15.2 Å². The molecular weight excluding hydrogens is 376 g/mol. The van der Waals surface area contributed by atoms with Gasteiger partial charge in [-0.15, -0.1) is 0 Å². The standard InChI is InChI=1S/C17H12BrClN4/c18-12-7-5-11(6-8-12)15-9-16(13-3-1-2-4-14(13)19)23-17(22-15)20-10-21-23/h1-10,16H,(H,20,21,22)/t16-/m0/s1. The average molecular weight is 388 g/mol. The number of hydrogen-bond donors (Lipinski definition) is 1. The summed E-state index contributed by atoms with van der Waals surface area (Å²) in [6.07, 6.45) is 3.66. The third-order valence-corrected chi connectivity index (χ3v) is 4.66. The van der Waals surface area contributed by atoms with Crippen LogP contribution < -0.4 is 5.32 Å². The van der Waals surface area contributed by atoms with Gasteiger partial charge in [0.05, 0.1) is 0 Å². The first-order valence-electron chi connectivity index (χ1n) is 7.11. The van der Waals surface area contributed by atoms with Crippen LogP contribution in [0.15, 0.2) is 65.4 Å². The Morgan fingerprint density at radius 3 is 2.65 bits per heavy atom. The number of hydrogen-bond acceptors (Lipinski definition) is 3. The SMILES string of the molecule is Clc1ccccc1[C@@H]1C=C(c2ccc(Br)cc2)Nc2ncnn21. The molecule has 4 nitrogen and oxygen atoms in total. The topological polar surface area (TPSA) is 42.7 Å². The number of nitrogens with zero attached hydrogens (tertiary/aromatic N) is 3. The van der Waals surface area contributed by atoms with Gasteiger partial charge in [-0.1, -0.05) is 57.9 Å². The molecule has 1 aliphatic rings. The Balaban J connectivity index is 1.83. The monoisotopic (exact) mass is 386 g/mol. The second-order valence-electron chi connectivity index (χ2n) is 5.21. The zero-order chi connectivity index (χ0) is 15.8. The fourth-order valence-electron chi connectivity index (χ4n) is 2.67. The number of rotatable bonds is 2. The summed E-state index contributed by atoms with van der Waals surface area (Å²) >= 11 is 9.85. The molecule has 1 N–H and O–H groups in total. The quantitative estimate of drug-likeness (QED) is 0.690. The van der Waals surface area contributed by atoms with E-state index in [1.807, 2.05) is 41.1 Å². The van der Waals surface area contributed by atoms with Crippen molar-refractivity contribution in [2.75, 3.05) is 5.32 Å². The number of benzene rings is 2. The fourth-order valence-corrected chi connectivity index (χ4v) is 3.18. The van der Waals surface area contributed by atoms with E-state index in [-0.39, 0.29) is 6.04 Å². The minimum atomic E-state index is -0.0962. The highest BCUT2D eigenvalue weighted by molar-refractivity contribution is 9.10. The maximum absolute atomic E-state index is 6.39. The molecule has 1 aliphatic heterocycles. The van der Waals surface area contributed by atoms with Crippen molar-refractivity contribution < 1.29 is 0 Å². The van der Waals surface area contributed by atoms with Crippen LogP contribution in [0.25, 0.3) is 5.70 Å². The van der Waals surface area contributed by atoms with Crippen molar-refractivity contribution in [3.63, 3.8) is 0 Å². The second kappa shape index (κ2) is 5.83. The predicted octanol–water partition coefficient (Wildman–Crippen LogP) is 4.75. The Kier molecular flexibility index (Phi) is 3.67. The first-order valence-corrected chi connectivity index (χ1v) is 8.28. The van der Waals surface area contributed by atoms with Gasteiger partial charge in [0.15, 0.2) is 0 Å². The number of fused-ring (bicyclic) bond motifs is 1. The molecule has 2 heterocycles. The van der Waals surface area contributed by atoms with E-state index in [4.69, 9.17) is 11.6 Å². The average Bonchev–Trinajstić information content (AvgIpc) is 3.04. The van der Waals surface area contributed by atoms with Crippen molar-refractivity contribution in [3.05, 3.63) is 81.6 Å². The molecule has 114 valence electrons. The van der Waals surface area contributed by atoms with E-state index in [0.29, 0.717) is 11.0 Å². The van der Waals surface area contributed by atoms with E-state index in [2.05, 4.69) is 49.5 Å². The number of anilines is 1. The summed E-state index contributed by atoms with van der Waals surface area (Å²) in [5.74, 6) is 0.704. The van der Waals surface area contributed by atoms with E-state index >= 15 is 0 Å². The lowest BCUT2D eigenvalue weighted by atomic mass is 10.0. The first kappa shape index (κ1) is 14.5. The molecule has 0 aliphatic carbocycles. The third-order valence-electron chi connectivity index (χ3n) is 3.79. The lowest BCUT2D eigenvalue weighted by molar-refractivity contribution is 0.612. The molecule has 23 heavy (non-hydrogen) atoms. The van der Waals surface area contributed by atoms with Crippen molar-refractivity contribution in [1.82, 2.24) is 14.8 Å². The molecule has 0 radical (unpaired) electrons. The highest BCUT2D eigenvalue weighted by atomic mass is 79.9. The fraction of sp³-hybridized carbons (Fsp3) is 0.0588. The summed E-state index contributed by atoms with van der Waals surface area (Å²) < 4.78 is 2.88. The number of aromatic nitrogens is 3. The Morgan fingerprint density at radius 2 is 1.87 bits per heavy atom. The number of nitrogens with one attached hydrogen (secondary N) is 1. The zero-order valence-electron chi connectivity index (χ0n) is 11.9. The molecule has 0 amide bonds. The molecule has 1 atom stereocenters. The van der Waals surface area contributed by atoms with Crippen LogP contribution in [0, 0.1) is 0 Å². The van der Waals surface area contributed by atoms with Crippen LogP contribution >= 0.6 is 27.5 Å². The summed E-state index contributed by atoms with van der Waals surface area (Å²) in [6.45, 7) is 0. The van der Waals surface area contributed by atoms with Gasteiger partial charge in [-0.05, 0) is 35.4 Å². The van der Waals surface area contributed by atoms with Crippen LogP contribution in [0.5, 0.6) is 0 Å². The summed E-state index contributed by atoms with van der Waals surface area (Å²) in [5, 5.41) is 8.37.